The number of hydrogen-bond acceptors (Lipinski definition) is 12. The number of esters is 4. The lowest BCUT2D eigenvalue weighted by molar-refractivity contribution is -0.139. The molecule has 0 radical (unpaired) electrons. The van der Waals surface area contributed by atoms with Gasteiger partial charge in [-0.1, -0.05) is 134 Å². The first kappa shape index (κ1) is 61.4. The number of carbonyl (C=O) groups excluding carboxylic acids is 4. The molecule has 82 heavy (non-hydrogen) atoms. The number of ether oxygens (including phenoxy) is 4. The van der Waals surface area contributed by atoms with Gasteiger partial charge in [0.15, 0.2) is 28.1 Å². The van der Waals surface area contributed by atoms with E-state index in [4.69, 9.17) is 30.4 Å². The van der Waals surface area contributed by atoms with Gasteiger partial charge in [0, 0.05) is 74.5 Å². The highest BCUT2D eigenvalue weighted by Gasteiger charge is 2.47. The third-order valence-electron chi connectivity index (χ3n) is 13.7. The summed E-state index contributed by atoms with van der Waals surface area (Å²) in [5.41, 5.74) is 0.522. The Balaban J connectivity index is 0.000000179. The molecule has 0 unspecified atom stereocenters. The molecule has 0 atom stereocenters. The Morgan fingerprint density at radius 2 is 0.780 bits per heavy atom. The van der Waals surface area contributed by atoms with Crippen molar-refractivity contribution >= 4 is 75.1 Å². The molecule has 5 aromatic carbocycles. The Morgan fingerprint density at radius 1 is 0.427 bits per heavy atom. The second-order valence-corrected chi connectivity index (χ2v) is 19.5. The maximum atomic E-state index is 12.7. The second kappa shape index (κ2) is 28.3. The van der Waals surface area contributed by atoms with Crippen LogP contribution in [0.15, 0.2) is 244 Å². The lowest BCUT2D eigenvalue weighted by Gasteiger charge is -2.17. The maximum absolute atomic E-state index is 12.7. The van der Waals surface area contributed by atoms with Crippen molar-refractivity contribution in [3.63, 3.8) is 0 Å². The van der Waals surface area contributed by atoms with E-state index in [2.05, 4.69) is 105 Å². The van der Waals surface area contributed by atoms with Gasteiger partial charge in [-0.05, 0) is 76.0 Å². The molecule has 4 heterocycles. The van der Waals surface area contributed by atoms with E-state index in [1.54, 1.807) is 85.0 Å². The monoisotopic (exact) mass is 1090 g/mol. The number of aliphatic imine (C=N–C) groups is 4. The third kappa shape index (κ3) is 13.8. The van der Waals surface area contributed by atoms with Crippen LogP contribution >= 0.6 is 0 Å². The quantitative estimate of drug-likeness (QED) is 0.0206. The van der Waals surface area contributed by atoms with Crippen molar-refractivity contribution in [1.29, 1.82) is 0 Å². The number of fused-ring (bicyclic) bond motifs is 2. The molecule has 12 nitrogen and oxygen atoms in total. The summed E-state index contributed by atoms with van der Waals surface area (Å²) in [6.45, 7) is 36.9. The smallest absolute Gasteiger partial charge is 0.341 e. The molecule has 0 saturated carbocycles. The zero-order valence-corrected chi connectivity index (χ0v) is 46.4. The van der Waals surface area contributed by atoms with Gasteiger partial charge in [-0.3, -0.25) is 0 Å². The Bertz CT molecular complexity index is 3420. The molecule has 0 fully saturated rings. The summed E-state index contributed by atoms with van der Waals surface area (Å²) in [5.74, 6) is 2.73. The van der Waals surface area contributed by atoms with Crippen LogP contribution < -0.4 is 0 Å². The molecule has 0 N–H and O–H groups in total. The minimum absolute atomic E-state index is 0.300. The molecule has 0 saturated heterocycles. The Kier molecular flexibility index (Phi) is 21.2. The van der Waals surface area contributed by atoms with Crippen molar-refractivity contribution in [2.45, 2.75) is 86.4 Å². The summed E-state index contributed by atoms with van der Waals surface area (Å²) in [6, 6.07) is 33.0. The van der Waals surface area contributed by atoms with E-state index in [-0.39, 0.29) is 23.9 Å². The first-order chi connectivity index (χ1) is 39.7. The van der Waals surface area contributed by atoms with Gasteiger partial charge in [0.1, 0.15) is 0 Å². The second-order valence-electron chi connectivity index (χ2n) is 19.5. The average molecular weight is 1090 g/mol. The number of nitrogens with zero attached hydrogens (tertiary/aromatic N) is 4. The predicted octanol–water partition coefficient (Wildman–Crippen LogP) is 14.4. The van der Waals surface area contributed by atoms with Crippen LogP contribution in [0.4, 0.5) is 0 Å². The van der Waals surface area contributed by atoms with Gasteiger partial charge >= 0.3 is 23.9 Å². The number of allylic oxidation sites excluding steroid dienone is 1. The van der Waals surface area contributed by atoms with Crippen molar-refractivity contribution in [2.24, 2.45) is 20.0 Å². The van der Waals surface area contributed by atoms with Gasteiger partial charge in [0.05, 0.1) is 5.56 Å². The van der Waals surface area contributed by atoms with Gasteiger partial charge in [0.2, 0.25) is 17.7 Å². The van der Waals surface area contributed by atoms with Gasteiger partial charge < -0.3 is 18.9 Å². The molecule has 0 amide bonds. The van der Waals surface area contributed by atoms with Crippen LogP contribution in [-0.4, -0.2) is 69.6 Å². The standard InChI is InChI=1S/C23H19NO2.C17H17NO2.C17H15NO2.C13H17NO2/c1-3-13-23(14-4-2)22(25)26-21(24-23)20-18-11-7-5-9-16(18)15-17-10-6-8-12-19(17)20;2*1-4-11-17(12-5-2)16(19)20-15(18-17)14-9-7-13(6-3)8-10-14;1-4-7-8-11-14-13(9-5-2,10-6-3)12(15)16-11/h3-12,15H,1-2,13-14H2;4-10H,1-3,11-12H2;3-5,7-10H,1-2,11-12H2;4-6H,1-3,7-10H2. The Hall–Kier alpha value is -9.86. The average Bonchev–Trinajstić information content (AvgIpc) is 3.59. The van der Waals surface area contributed by atoms with E-state index in [0.717, 1.165) is 55.8 Å². The van der Waals surface area contributed by atoms with Crippen molar-refractivity contribution in [3.05, 3.63) is 251 Å². The fraction of sp³-hybridized carbons (Fsp3) is 0.200. The summed E-state index contributed by atoms with van der Waals surface area (Å²) in [7, 11) is 0. The molecule has 12 heteroatoms. The summed E-state index contributed by atoms with van der Waals surface area (Å²) in [6.07, 6.45) is 27.2. The van der Waals surface area contributed by atoms with Crippen LogP contribution in [-0.2, 0) is 38.1 Å². The normalized spacial score (nSPS) is 16.2. The van der Waals surface area contributed by atoms with Crippen molar-refractivity contribution in [3.8, 4) is 12.3 Å². The Morgan fingerprint density at radius 3 is 1.16 bits per heavy atom. The molecule has 4 aliphatic rings. The molecule has 0 spiro atoms. The summed E-state index contributed by atoms with van der Waals surface area (Å²) in [4.78, 5) is 66.8. The largest absolute Gasteiger partial charge is 0.410 e. The number of hydrogen-bond donors (Lipinski definition) is 0. The molecular weight excluding hydrogens is 1020 g/mol. The first-order valence-electron chi connectivity index (χ1n) is 26.6. The molecule has 5 aromatic rings. The van der Waals surface area contributed by atoms with Crippen LogP contribution in [0, 0.1) is 12.3 Å². The molecule has 0 bridgehead atoms. The highest BCUT2D eigenvalue weighted by atomic mass is 16.6. The molecule has 416 valence electrons. The van der Waals surface area contributed by atoms with E-state index in [0.29, 0.717) is 81.4 Å². The maximum Gasteiger partial charge on any atom is 0.341 e. The van der Waals surface area contributed by atoms with Gasteiger partial charge in [0.25, 0.3) is 0 Å². The molecule has 0 aromatic heterocycles. The zero-order valence-electron chi connectivity index (χ0n) is 46.4. The van der Waals surface area contributed by atoms with Crippen LogP contribution in [0.5, 0.6) is 0 Å². The van der Waals surface area contributed by atoms with Crippen LogP contribution in [0.25, 0.3) is 27.6 Å². The number of benzene rings is 5. The van der Waals surface area contributed by atoms with Gasteiger partial charge in [-0.2, -0.15) is 0 Å². The van der Waals surface area contributed by atoms with E-state index in [9.17, 15) is 19.2 Å². The number of terminal acetylenes is 1. The van der Waals surface area contributed by atoms with Crippen molar-refractivity contribution in [1.82, 2.24) is 0 Å². The van der Waals surface area contributed by atoms with Crippen LogP contribution in [0.1, 0.15) is 92.0 Å². The van der Waals surface area contributed by atoms with Gasteiger partial charge in [-0.15, -0.1) is 65.6 Å². The van der Waals surface area contributed by atoms with Crippen molar-refractivity contribution < 1.29 is 38.1 Å². The topological polar surface area (TPSA) is 155 Å². The van der Waals surface area contributed by atoms with E-state index < -0.39 is 22.2 Å². The minimum atomic E-state index is -0.961. The highest BCUT2D eigenvalue weighted by molar-refractivity contribution is 6.22. The van der Waals surface area contributed by atoms with Crippen LogP contribution in [0.3, 0.4) is 0 Å². The fourth-order valence-electron chi connectivity index (χ4n) is 9.52. The molecule has 9 rings (SSSR count). The molecule has 0 aliphatic carbocycles. The number of rotatable bonds is 23. The van der Waals surface area contributed by atoms with E-state index in [1.807, 2.05) is 60.7 Å². The zero-order chi connectivity index (χ0) is 59.3. The molecule has 4 aliphatic heterocycles. The van der Waals surface area contributed by atoms with Crippen molar-refractivity contribution in [2.75, 3.05) is 0 Å². The summed E-state index contributed by atoms with van der Waals surface area (Å²) in [5, 5.41) is 4.21. The number of cyclic esters (lactones) is 4. The van der Waals surface area contributed by atoms with E-state index >= 15 is 0 Å². The summed E-state index contributed by atoms with van der Waals surface area (Å²) < 4.78 is 21.5. The van der Waals surface area contributed by atoms with E-state index in [1.165, 1.54) is 0 Å². The first-order valence-corrected chi connectivity index (χ1v) is 26.6. The summed E-state index contributed by atoms with van der Waals surface area (Å²) >= 11 is 0. The SMILES string of the molecule is C#Cc1ccc(C2=NC(CC=C)(CC=C)C(=O)O2)cc1.C=CCC1(CC=C)N=C(c2c3ccccc3cc3ccccc23)OC1=O.C=CCC1(CC=C)N=C(c2ccc(C=C)cc2)OC1=O.C=CCCC1=NC(CC=C)(CC=C)C(=O)O1. The van der Waals surface area contributed by atoms with Crippen LogP contribution in [0.2, 0.25) is 0 Å². The minimum Gasteiger partial charge on any atom is -0.410 e. The predicted molar refractivity (Wildman–Crippen MR) is 333 cm³/mol. The Labute approximate surface area is 481 Å². The fourth-order valence-corrected chi connectivity index (χ4v) is 9.52. The van der Waals surface area contributed by atoms with Gasteiger partial charge in [-0.25, -0.2) is 39.1 Å². The third-order valence-corrected chi connectivity index (χ3v) is 13.7. The lowest BCUT2D eigenvalue weighted by Crippen LogP contribution is -2.32. The number of carbonyl (C=O) groups is 4. The molecular formula is C70H68N4O8. The highest BCUT2D eigenvalue weighted by Crippen LogP contribution is 2.37. The lowest BCUT2D eigenvalue weighted by atomic mass is 9.92.